The van der Waals surface area contributed by atoms with Crippen LogP contribution in [-0.2, 0) is 11.3 Å². The molecule has 1 atom stereocenters. The van der Waals surface area contributed by atoms with E-state index in [4.69, 9.17) is 15.5 Å². The molecule has 0 aliphatic carbocycles. The van der Waals surface area contributed by atoms with Gasteiger partial charge in [0.05, 0.1) is 25.1 Å². The minimum Gasteiger partial charge on any atom is -0.383 e. The molecule has 5 nitrogen and oxygen atoms in total. The van der Waals surface area contributed by atoms with Crippen LogP contribution in [0, 0.1) is 13.8 Å². The molecule has 0 bridgehead atoms. The SMILES string of the molecule is Cc1sc2nc(CN3CCOCC3C)nc(N)c2c1C. The molecule has 20 heavy (non-hydrogen) atoms. The van der Waals surface area contributed by atoms with Gasteiger partial charge in [-0.2, -0.15) is 0 Å². The van der Waals surface area contributed by atoms with E-state index >= 15 is 0 Å². The number of hydrogen-bond donors (Lipinski definition) is 1. The van der Waals surface area contributed by atoms with Gasteiger partial charge in [0.1, 0.15) is 16.5 Å². The Hall–Kier alpha value is -1.24. The van der Waals surface area contributed by atoms with Gasteiger partial charge in [-0.1, -0.05) is 0 Å². The van der Waals surface area contributed by atoms with E-state index in [2.05, 4.69) is 30.7 Å². The van der Waals surface area contributed by atoms with Crippen LogP contribution < -0.4 is 5.73 Å². The zero-order valence-corrected chi connectivity index (χ0v) is 13.0. The molecule has 1 aliphatic rings. The number of ether oxygens (including phenoxy) is 1. The Labute approximate surface area is 122 Å². The predicted octanol–water partition coefficient (Wildman–Crippen LogP) is 2.11. The summed E-state index contributed by atoms with van der Waals surface area (Å²) in [5.41, 5.74) is 7.33. The Balaban J connectivity index is 1.92. The molecule has 1 fully saturated rings. The molecule has 2 N–H and O–H groups in total. The van der Waals surface area contributed by atoms with Gasteiger partial charge in [0.15, 0.2) is 0 Å². The van der Waals surface area contributed by atoms with E-state index < -0.39 is 0 Å². The molecular weight excluding hydrogens is 272 g/mol. The lowest BCUT2D eigenvalue weighted by molar-refractivity contribution is -0.00542. The third-order valence-corrected chi connectivity index (χ3v) is 5.05. The first kappa shape index (κ1) is 13.7. The van der Waals surface area contributed by atoms with Crippen molar-refractivity contribution in [2.75, 3.05) is 25.5 Å². The number of hydrogen-bond acceptors (Lipinski definition) is 6. The Morgan fingerprint density at radius 1 is 1.40 bits per heavy atom. The van der Waals surface area contributed by atoms with Gasteiger partial charge in [0.25, 0.3) is 0 Å². The Bertz CT molecular complexity index is 640. The summed E-state index contributed by atoms with van der Waals surface area (Å²) in [6.07, 6.45) is 0. The van der Waals surface area contributed by atoms with E-state index in [-0.39, 0.29) is 0 Å². The summed E-state index contributed by atoms with van der Waals surface area (Å²) in [7, 11) is 0. The van der Waals surface area contributed by atoms with Crippen molar-refractivity contribution in [2.24, 2.45) is 0 Å². The van der Waals surface area contributed by atoms with Crippen LogP contribution in [0.1, 0.15) is 23.2 Å². The first-order valence-electron chi connectivity index (χ1n) is 6.90. The highest BCUT2D eigenvalue weighted by atomic mass is 32.1. The zero-order valence-electron chi connectivity index (χ0n) is 12.1. The molecule has 108 valence electrons. The maximum atomic E-state index is 6.12. The van der Waals surface area contributed by atoms with Crippen molar-refractivity contribution in [1.29, 1.82) is 0 Å². The summed E-state index contributed by atoms with van der Waals surface area (Å²) >= 11 is 1.70. The van der Waals surface area contributed by atoms with Crippen LogP contribution in [0.3, 0.4) is 0 Å². The molecule has 1 saturated heterocycles. The lowest BCUT2D eigenvalue weighted by Crippen LogP contribution is -2.43. The summed E-state index contributed by atoms with van der Waals surface area (Å²) in [6.45, 7) is 9.56. The second-order valence-corrected chi connectivity index (χ2v) is 6.59. The highest BCUT2D eigenvalue weighted by molar-refractivity contribution is 7.18. The molecule has 0 radical (unpaired) electrons. The van der Waals surface area contributed by atoms with Gasteiger partial charge in [-0.3, -0.25) is 4.90 Å². The van der Waals surface area contributed by atoms with Crippen LogP contribution >= 0.6 is 11.3 Å². The van der Waals surface area contributed by atoms with Crippen molar-refractivity contribution in [3.05, 3.63) is 16.3 Å². The van der Waals surface area contributed by atoms with Crippen LogP contribution in [0.15, 0.2) is 0 Å². The number of nitrogens with zero attached hydrogens (tertiary/aromatic N) is 3. The minimum absolute atomic E-state index is 0.399. The highest BCUT2D eigenvalue weighted by Crippen LogP contribution is 2.32. The van der Waals surface area contributed by atoms with Gasteiger partial charge in [-0.15, -0.1) is 11.3 Å². The third kappa shape index (κ3) is 2.39. The molecule has 1 aliphatic heterocycles. The van der Waals surface area contributed by atoms with Crippen LogP contribution in [0.25, 0.3) is 10.2 Å². The maximum Gasteiger partial charge on any atom is 0.146 e. The number of rotatable bonds is 2. The van der Waals surface area contributed by atoms with E-state index in [0.29, 0.717) is 11.9 Å². The number of nitrogen functional groups attached to an aromatic ring is 1. The molecule has 0 saturated carbocycles. The molecule has 0 aromatic carbocycles. The zero-order chi connectivity index (χ0) is 14.3. The fourth-order valence-corrected chi connectivity index (χ4v) is 3.63. The monoisotopic (exact) mass is 292 g/mol. The summed E-state index contributed by atoms with van der Waals surface area (Å²) in [5, 5.41) is 1.02. The van der Waals surface area contributed by atoms with Gasteiger partial charge in [-0.05, 0) is 26.3 Å². The molecule has 2 aromatic rings. The number of nitrogens with two attached hydrogens (primary N) is 1. The maximum absolute atomic E-state index is 6.12. The van der Waals surface area contributed by atoms with Crippen molar-refractivity contribution < 1.29 is 4.74 Å². The van der Waals surface area contributed by atoms with Crippen molar-refractivity contribution >= 4 is 27.4 Å². The van der Waals surface area contributed by atoms with Gasteiger partial charge >= 0.3 is 0 Å². The van der Waals surface area contributed by atoms with E-state index in [1.807, 2.05) is 0 Å². The Morgan fingerprint density at radius 3 is 2.95 bits per heavy atom. The predicted molar refractivity (Wildman–Crippen MR) is 82.0 cm³/mol. The van der Waals surface area contributed by atoms with Crippen LogP contribution in [0.4, 0.5) is 5.82 Å². The van der Waals surface area contributed by atoms with Crippen molar-refractivity contribution in [3.8, 4) is 0 Å². The van der Waals surface area contributed by atoms with E-state index in [1.54, 1.807) is 11.3 Å². The number of morpholine rings is 1. The van der Waals surface area contributed by atoms with Crippen LogP contribution in [0.5, 0.6) is 0 Å². The number of aromatic nitrogens is 2. The highest BCUT2D eigenvalue weighted by Gasteiger charge is 2.21. The topological polar surface area (TPSA) is 64.3 Å². The van der Waals surface area contributed by atoms with E-state index in [1.165, 1.54) is 10.4 Å². The normalized spacial score (nSPS) is 20.6. The first-order valence-corrected chi connectivity index (χ1v) is 7.72. The third-order valence-electron chi connectivity index (χ3n) is 3.95. The van der Waals surface area contributed by atoms with E-state index in [9.17, 15) is 0 Å². The second kappa shape index (κ2) is 5.27. The van der Waals surface area contributed by atoms with Crippen molar-refractivity contribution in [3.63, 3.8) is 0 Å². The van der Waals surface area contributed by atoms with E-state index in [0.717, 1.165) is 42.3 Å². The second-order valence-electron chi connectivity index (χ2n) is 5.38. The fourth-order valence-electron chi connectivity index (χ4n) is 2.58. The lowest BCUT2D eigenvalue weighted by Gasteiger charge is -2.32. The standard InChI is InChI=1S/C14H20N4OS/c1-8-7-19-5-4-18(8)6-11-16-13(15)12-9(2)10(3)20-14(12)17-11/h8H,4-7H2,1-3H3,(H2,15,16,17). The first-order chi connectivity index (χ1) is 9.56. The smallest absolute Gasteiger partial charge is 0.146 e. The quantitative estimate of drug-likeness (QED) is 0.918. The molecule has 6 heteroatoms. The Morgan fingerprint density at radius 2 is 2.20 bits per heavy atom. The molecule has 3 rings (SSSR count). The molecule has 3 heterocycles. The van der Waals surface area contributed by atoms with Crippen molar-refractivity contribution in [1.82, 2.24) is 14.9 Å². The fraction of sp³-hybridized carbons (Fsp3) is 0.571. The minimum atomic E-state index is 0.399. The summed E-state index contributed by atoms with van der Waals surface area (Å²) in [4.78, 5) is 13.8. The van der Waals surface area contributed by atoms with Gasteiger partial charge < -0.3 is 10.5 Å². The van der Waals surface area contributed by atoms with Crippen molar-refractivity contribution in [2.45, 2.75) is 33.4 Å². The average Bonchev–Trinajstić information content (AvgIpc) is 2.68. The summed E-state index contributed by atoms with van der Waals surface area (Å²) in [6, 6.07) is 0.399. The van der Waals surface area contributed by atoms with Crippen LogP contribution in [0.2, 0.25) is 0 Å². The largest absolute Gasteiger partial charge is 0.383 e. The number of aryl methyl sites for hydroxylation is 2. The molecular formula is C14H20N4OS. The number of anilines is 1. The lowest BCUT2D eigenvalue weighted by atomic mass is 10.2. The summed E-state index contributed by atoms with van der Waals surface area (Å²) < 4.78 is 5.46. The molecule has 2 aromatic heterocycles. The molecule has 1 unspecified atom stereocenters. The van der Waals surface area contributed by atoms with Gasteiger partial charge in [0, 0.05) is 17.5 Å². The van der Waals surface area contributed by atoms with Crippen LogP contribution in [-0.4, -0.2) is 40.7 Å². The Kier molecular flexibility index (Phi) is 3.62. The van der Waals surface area contributed by atoms with Gasteiger partial charge in [0.2, 0.25) is 0 Å². The number of fused-ring (bicyclic) bond motifs is 1. The average molecular weight is 292 g/mol. The molecule has 0 spiro atoms. The molecule has 0 amide bonds. The number of thiophene rings is 1. The summed E-state index contributed by atoms with van der Waals surface area (Å²) in [5.74, 6) is 1.41. The van der Waals surface area contributed by atoms with Gasteiger partial charge in [-0.25, -0.2) is 9.97 Å².